The third-order valence-corrected chi connectivity index (χ3v) is 3.78. The number of nitrogens with one attached hydrogen (secondary N) is 1. The number of carbonyl (C=O) groups excluding carboxylic acids is 1. The first kappa shape index (κ1) is 17.1. The molecule has 0 aliphatic carbocycles. The van der Waals surface area contributed by atoms with Crippen molar-refractivity contribution >= 4 is 22.0 Å². The first-order chi connectivity index (χ1) is 9.84. The maximum atomic E-state index is 11.7. The van der Waals surface area contributed by atoms with E-state index in [1.165, 1.54) is 0 Å². The van der Waals surface area contributed by atoms with E-state index >= 15 is 0 Å². The molecule has 116 valence electrons. The van der Waals surface area contributed by atoms with Crippen LogP contribution in [0.1, 0.15) is 12.5 Å². The second-order valence-corrected chi connectivity index (χ2v) is 6.02. The maximum Gasteiger partial charge on any atom is 0.322 e. The number of benzene rings is 1. The Bertz CT molecular complexity index is 584. The van der Waals surface area contributed by atoms with Crippen LogP contribution in [-0.4, -0.2) is 43.9 Å². The summed E-state index contributed by atoms with van der Waals surface area (Å²) in [7, 11) is -4.07. The fraction of sp³-hybridized carbons (Fsp3) is 0.385. The van der Waals surface area contributed by atoms with Crippen LogP contribution in [0, 0.1) is 0 Å². The third-order valence-electron chi connectivity index (χ3n) is 2.52. The van der Waals surface area contributed by atoms with Gasteiger partial charge in [-0.1, -0.05) is 30.3 Å². The quantitative estimate of drug-likeness (QED) is 0.662. The highest BCUT2D eigenvalue weighted by atomic mass is 32.2. The summed E-state index contributed by atoms with van der Waals surface area (Å²) in [4.78, 5) is 22.3. The zero-order valence-corrected chi connectivity index (χ0v) is 12.3. The minimum absolute atomic E-state index is 0.0156. The number of hydrogen-bond acceptors (Lipinski definition) is 5. The molecular weight excluding hydrogens is 298 g/mol. The van der Waals surface area contributed by atoms with Gasteiger partial charge >= 0.3 is 11.9 Å². The van der Waals surface area contributed by atoms with Crippen LogP contribution in [0.4, 0.5) is 0 Å². The molecule has 21 heavy (non-hydrogen) atoms. The molecular formula is C13H17NO6S. The molecule has 0 aliphatic rings. The number of carbonyl (C=O) groups is 2. The van der Waals surface area contributed by atoms with E-state index in [1.54, 1.807) is 37.3 Å². The van der Waals surface area contributed by atoms with E-state index in [-0.39, 0.29) is 13.0 Å². The van der Waals surface area contributed by atoms with Crippen LogP contribution >= 0.6 is 0 Å². The van der Waals surface area contributed by atoms with E-state index in [0.29, 0.717) is 5.56 Å². The summed E-state index contributed by atoms with van der Waals surface area (Å²) in [6.07, 6.45) is -0.0156. The van der Waals surface area contributed by atoms with Crippen molar-refractivity contribution in [1.82, 2.24) is 4.72 Å². The zero-order chi connectivity index (χ0) is 15.9. The van der Waals surface area contributed by atoms with Crippen LogP contribution in [0.15, 0.2) is 30.3 Å². The molecule has 8 heteroatoms. The van der Waals surface area contributed by atoms with Gasteiger partial charge in [-0.15, -0.1) is 0 Å². The number of sulfonamides is 1. The van der Waals surface area contributed by atoms with Gasteiger partial charge in [-0.05, 0) is 18.9 Å². The molecule has 1 unspecified atom stereocenters. The molecule has 1 aromatic carbocycles. The Morgan fingerprint density at radius 1 is 1.29 bits per heavy atom. The molecule has 0 aromatic heterocycles. The van der Waals surface area contributed by atoms with Gasteiger partial charge in [0.15, 0.2) is 5.75 Å². The Morgan fingerprint density at radius 2 is 1.90 bits per heavy atom. The molecule has 0 aliphatic heterocycles. The van der Waals surface area contributed by atoms with Crippen LogP contribution < -0.4 is 4.72 Å². The molecule has 1 aromatic rings. The van der Waals surface area contributed by atoms with Gasteiger partial charge < -0.3 is 9.84 Å². The molecule has 0 heterocycles. The van der Waals surface area contributed by atoms with E-state index in [1.807, 2.05) is 4.72 Å². The first-order valence-corrected chi connectivity index (χ1v) is 7.91. The Kier molecular flexibility index (Phi) is 6.32. The average Bonchev–Trinajstić information content (AvgIpc) is 2.38. The van der Waals surface area contributed by atoms with Crippen molar-refractivity contribution in [3.05, 3.63) is 35.9 Å². The van der Waals surface area contributed by atoms with Crippen molar-refractivity contribution in [3.8, 4) is 0 Å². The lowest BCUT2D eigenvalue weighted by atomic mass is 10.1. The number of aliphatic carboxylic acids is 1. The van der Waals surface area contributed by atoms with Crippen LogP contribution in [0.5, 0.6) is 0 Å². The topological polar surface area (TPSA) is 110 Å². The van der Waals surface area contributed by atoms with Gasteiger partial charge in [-0.3, -0.25) is 9.59 Å². The van der Waals surface area contributed by atoms with Gasteiger partial charge in [-0.2, -0.15) is 0 Å². The number of hydrogen-bond donors (Lipinski definition) is 2. The van der Waals surface area contributed by atoms with Crippen LogP contribution in [0.2, 0.25) is 0 Å². The number of esters is 1. The SMILES string of the molecule is CCOC(=O)CS(=O)(=O)NC(Cc1ccccc1)C(=O)O. The molecule has 0 saturated carbocycles. The van der Waals surface area contributed by atoms with Gasteiger partial charge in [0.25, 0.3) is 0 Å². The van der Waals surface area contributed by atoms with Crippen molar-refractivity contribution in [1.29, 1.82) is 0 Å². The normalized spacial score (nSPS) is 12.6. The second kappa shape index (κ2) is 7.75. The monoisotopic (exact) mass is 315 g/mol. The molecule has 0 bridgehead atoms. The highest BCUT2D eigenvalue weighted by Crippen LogP contribution is 2.05. The van der Waals surface area contributed by atoms with Crippen LogP contribution in [0.25, 0.3) is 0 Å². The maximum absolute atomic E-state index is 11.7. The summed E-state index contributed by atoms with van der Waals surface area (Å²) in [6, 6.07) is 7.25. The van der Waals surface area contributed by atoms with E-state index in [9.17, 15) is 18.0 Å². The summed E-state index contributed by atoms with van der Waals surface area (Å²) >= 11 is 0. The molecule has 2 N–H and O–H groups in total. The van der Waals surface area contributed by atoms with Gasteiger partial charge in [0.1, 0.15) is 6.04 Å². The lowest BCUT2D eigenvalue weighted by molar-refractivity contribution is -0.141. The average molecular weight is 315 g/mol. The van der Waals surface area contributed by atoms with Crippen molar-refractivity contribution < 1.29 is 27.9 Å². The van der Waals surface area contributed by atoms with E-state index in [0.717, 1.165) is 0 Å². The number of rotatable bonds is 8. The smallest absolute Gasteiger partial charge is 0.322 e. The van der Waals surface area contributed by atoms with Crippen LogP contribution in [-0.2, 0) is 30.8 Å². The molecule has 0 fully saturated rings. The van der Waals surface area contributed by atoms with Crippen molar-refractivity contribution in [2.75, 3.05) is 12.4 Å². The lowest BCUT2D eigenvalue weighted by Crippen LogP contribution is -2.44. The highest BCUT2D eigenvalue weighted by Gasteiger charge is 2.26. The summed E-state index contributed by atoms with van der Waals surface area (Å²) < 4.78 is 30.0. The first-order valence-electron chi connectivity index (χ1n) is 6.26. The number of carboxylic acid groups (broad SMARTS) is 1. The van der Waals surface area contributed by atoms with Crippen molar-refractivity contribution in [3.63, 3.8) is 0 Å². The predicted molar refractivity (Wildman–Crippen MR) is 75.1 cm³/mol. The molecule has 0 spiro atoms. The molecule has 0 radical (unpaired) electrons. The summed E-state index contributed by atoms with van der Waals surface area (Å²) in [5.41, 5.74) is 0.670. The molecule has 1 atom stereocenters. The summed E-state index contributed by atoms with van der Waals surface area (Å²) in [5, 5.41) is 9.09. The van der Waals surface area contributed by atoms with Gasteiger partial charge in [-0.25, -0.2) is 13.1 Å². The highest BCUT2D eigenvalue weighted by molar-refractivity contribution is 7.90. The molecule has 1 rings (SSSR count). The Labute approximate surface area is 123 Å². The van der Waals surface area contributed by atoms with Crippen LogP contribution in [0.3, 0.4) is 0 Å². The summed E-state index contributed by atoms with van der Waals surface area (Å²) in [5.74, 6) is -3.14. The minimum Gasteiger partial charge on any atom is -0.480 e. The Morgan fingerprint density at radius 3 is 2.43 bits per heavy atom. The fourth-order valence-corrected chi connectivity index (χ4v) is 2.74. The fourth-order valence-electron chi connectivity index (χ4n) is 1.65. The third kappa shape index (κ3) is 6.37. The molecule has 0 saturated heterocycles. The largest absolute Gasteiger partial charge is 0.480 e. The van der Waals surface area contributed by atoms with E-state index < -0.39 is 33.8 Å². The number of carboxylic acids is 1. The standard InChI is InChI=1S/C13H17NO6S/c1-2-20-12(15)9-21(18,19)14-11(13(16)17)8-10-6-4-3-5-7-10/h3-7,11,14H,2,8-9H2,1H3,(H,16,17). The minimum atomic E-state index is -4.07. The van der Waals surface area contributed by atoms with Crippen molar-refractivity contribution in [2.45, 2.75) is 19.4 Å². The zero-order valence-electron chi connectivity index (χ0n) is 11.5. The Balaban J connectivity index is 2.74. The predicted octanol–water partition coefficient (Wildman–Crippen LogP) is 0.165. The molecule has 0 amide bonds. The molecule has 7 nitrogen and oxygen atoms in total. The van der Waals surface area contributed by atoms with E-state index in [4.69, 9.17) is 5.11 Å². The van der Waals surface area contributed by atoms with Gasteiger partial charge in [0, 0.05) is 0 Å². The summed E-state index contributed by atoms with van der Waals surface area (Å²) in [6.45, 7) is 1.61. The van der Waals surface area contributed by atoms with Gasteiger partial charge in [0.05, 0.1) is 6.61 Å². The van der Waals surface area contributed by atoms with E-state index in [2.05, 4.69) is 4.74 Å². The lowest BCUT2D eigenvalue weighted by Gasteiger charge is -2.14. The number of ether oxygens (including phenoxy) is 1. The second-order valence-electron chi connectivity index (χ2n) is 4.26. The van der Waals surface area contributed by atoms with Gasteiger partial charge in [0.2, 0.25) is 10.0 Å². The Hall–Kier alpha value is -1.93. The van der Waals surface area contributed by atoms with Crippen molar-refractivity contribution in [2.24, 2.45) is 0 Å².